The fraction of sp³-hybridized carbons (Fsp3) is 0.100. The summed E-state index contributed by atoms with van der Waals surface area (Å²) in [6.45, 7) is 1.40. The molecule has 1 aromatic carbocycles. The Kier molecular flexibility index (Phi) is 3.41. The molecule has 0 bridgehead atoms. The lowest BCUT2D eigenvalue weighted by Crippen LogP contribution is -1.97. The van der Waals surface area contributed by atoms with Gasteiger partial charge in [-0.05, 0) is 19.1 Å². The van der Waals surface area contributed by atoms with E-state index in [1.54, 1.807) is 0 Å². The van der Waals surface area contributed by atoms with Crippen LogP contribution in [0.1, 0.15) is 5.56 Å². The summed E-state index contributed by atoms with van der Waals surface area (Å²) in [5, 5.41) is 29.7. The SMILES string of the molecule is Cc1c(F)ccc(NN=C(C#N)C#N)c1O. The molecule has 80 valence electrons. The molecular formula is C10H7FN4O. The number of phenolic OH excluding ortho intramolecular Hbond substituents is 1. The minimum Gasteiger partial charge on any atom is -0.505 e. The van der Waals surface area contributed by atoms with Gasteiger partial charge in [0.25, 0.3) is 0 Å². The second-order valence-corrected chi connectivity index (χ2v) is 2.86. The van der Waals surface area contributed by atoms with Gasteiger partial charge in [0.15, 0.2) is 0 Å². The Morgan fingerprint density at radius 3 is 2.62 bits per heavy atom. The van der Waals surface area contributed by atoms with Gasteiger partial charge in [-0.15, -0.1) is 0 Å². The summed E-state index contributed by atoms with van der Waals surface area (Å²) in [6.07, 6.45) is 0. The number of nitrogens with zero attached hydrogens (tertiary/aromatic N) is 3. The summed E-state index contributed by atoms with van der Waals surface area (Å²) < 4.78 is 13.0. The van der Waals surface area contributed by atoms with E-state index >= 15 is 0 Å². The van der Waals surface area contributed by atoms with Crippen molar-refractivity contribution in [2.75, 3.05) is 5.43 Å². The Morgan fingerprint density at radius 2 is 2.06 bits per heavy atom. The second-order valence-electron chi connectivity index (χ2n) is 2.86. The fourth-order valence-electron chi connectivity index (χ4n) is 0.957. The first-order valence-electron chi connectivity index (χ1n) is 4.22. The molecule has 0 spiro atoms. The largest absolute Gasteiger partial charge is 0.505 e. The summed E-state index contributed by atoms with van der Waals surface area (Å²) in [7, 11) is 0. The lowest BCUT2D eigenvalue weighted by atomic mass is 10.2. The fourth-order valence-corrected chi connectivity index (χ4v) is 0.957. The molecule has 0 heterocycles. The third kappa shape index (κ3) is 2.25. The van der Waals surface area contributed by atoms with E-state index in [9.17, 15) is 9.50 Å². The molecule has 0 aromatic heterocycles. The zero-order chi connectivity index (χ0) is 12.1. The van der Waals surface area contributed by atoms with Crippen LogP contribution in [0.3, 0.4) is 0 Å². The van der Waals surface area contributed by atoms with Gasteiger partial charge in [-0.1, -0.05) is 0 Å². The molecule has 0 amide bonds. The zero-order valence-corrected chi connectivity index (χ0v) is 8.32. The highest BCUT2D eigenvalue weighted by molar-refractivity contribution is 6.10. The lowest BCUT2D eigenvalue weighted by Gasteiger charge is -2.06. The summed E-state index contributed by atoms with van der Waals surface area (Å²) in [6, 6.07) is 5.48. The highest BCUT2D eigenvalue weighted by Crippen LogP contribution is 2.28. The average Bonchev–Trinajstić information content (AvgIpc) is 2.30. The number of halogens is 1. The number of benzene rings is 1. The molecule has 0 unspecified atom stereocenters. The first kappa shape index (κ1) is 11.5. The normalized spacial score (nSPS) is 8.75. The van der Waals surface area contributed by atoms with Crippen LogP contribution in [0, 0.1) is 35.4 Å². The maximum absolute atomic E-state index is 13.0. The number of rotatable bonds is 2. The maximum atomic E-state index is 13.0. The Hall–Kier alpha value is -2.60. The number of hydrazone groups is 1. The molecule has 16 heavy (non-hydrogen) atoms. The van der Waals surface area contributed by atoms with Crippen molar-refractivity contribution in [1.29, 1.82) is 10.5 Å². The topological polar surface area (TPSA) is 92.2 Å². The standard InChI is InChI=1S/C10H7FN4O/c1-6-8(11)2-3-9(10(6)16)15-14-7(4-12)5-13/h2-3,15-16H,1H3. The molecule has 1 aromatic rings. The quantitative estimate of drug-likeness (QED) is 0.448. The minimum absolute atomic E-state index is 0.0654. The smallest absolute Gasteiger partial charge is 0.237 e. The van der Waals surface area contributed by atoms with E-state index in [0.717, 1.165) is 6.07 Å². The van der Waals surface area contributed by atoms with Crippen LogP contribution in [0.5, 0.6) is 5.75 Å². The summed E-state index contributed by atoms with van der Waals surface area (Å²) in [4.78, 5) is 0. The molecule has 1 rings (SSSR count). The number of aromatic hydroxyl groups is 1. The highest BCUT2D eigenvalue weighted by Gasteiger charge is 2.08. The lowest BCUT2D eigenvalue weighted by molar-refractivity contribution is 0.465. The molecule has 2 N–H and O–H groups in total. The number of hydrogen-bond donors (Lipinski definition) is 2. The third-order valence-electron chi connectivity index (χ3n) is 1.86. The van der Waals surface area contributed by atoms with Gasteiger partial charge in [0.05, 0.1) is 5.69 Å². The van der Waals surface area contributed by atoms with Crippen molar-refractivity contribution in [2.24, 2.45) is 5.10 Å². The van der Waals surface area contributed by atoms with E-state index in [0.29, 0.717) is 0 Å². The van der Waals surface area contributed by atoms with Gasteiger partial charge in [0, 0.05) is 5.56 Å². The number of nitriles is 2. The van der Waals surface area contributed by atoms with Crippen LogP contribution in [0.15, 0.2) is 17.2 Å². The molecule has 0 radical (unpaired) electrons. The molecule has 0 aliphatic carbocycles. The molecule has 0 saturated heterocycles. The van der Waals surface area contributed by atoms with Crippen molar-refractivity contribution in [1.82, 2.24) is 0 Å². The summed E-state index contributed by atoms with van der Waals surface area (Å²) in [5.74, 6) is -0.855. The first-order chi connectivity index (χ1) is 7.60. The molecule has 0 aliphatic rings. The van der Waals surface area contributed by atoms with Crippen LogP contribution < -0.4 is 5.43 Å². The Balaban J connectivity index is 3.02. The molecule has 0 aliphatic heterocycles. The summed E-state index contributed by atoms with van der Waals surface area (Å²) >= 11 is 0. The minimum atomic E-state index is -0.548. The van der Waals surface area contributed by atoms with E-state index in [1.165, 1.54) is 25.1 Å². The van der Waals surface area contributed by atoms with Crippen LogP contribution in [0.25, 0.3) is 0 Å². The van der Waals surface area contributed by atoms with Crippen molar-refractivity contribution in [3.63, 3.8) is 0 Å². The van der Waals surface area contributed by atoms with Crippen LogP contribution in [0.2, 0.25) is 0 Å². The number of anilines is 1. The molecule has 0 atom stereocenters. The number of nitrogens with one attached hydrogen (secondary N) is 1. The van der Waals surface area contributed by atoms with Gasteiger partial charge in [-0.2, -0.15) is 15.6 Å². The van der Waals surface area contributed by atoms with Crippen molar-refractivity contribution in [3.05, 3.63) is 23.5 Å². The maximum Gasteiger partial charge on any atom is 0.237 e. The van der Waals surface area contributed by atoms with Crippen LogP contribution in [-0.2, 0) is 0 Å². The van der Waals surface area contributed by atoms with Crippen molar-refractivity contribution in [3.8, 4) is 17.9 Å². The summed E-state index contributed by atoms with van der Waals surface area (Å²) in [5.41, 5.74) is 2.11. The Labute approximate surface area is 91.1 Å². The van der Waals surface area contributed by atoms with E-state index in [1.807, 2.05) is 0 Å². The molecular weight excluding hydrogens is 211 g/mol. The molecule has 0 saturated carbocycles. The van der Waals surface area contributed by atoms with Gasteiger partial charge in [-0.3, -0.25) is 5.43 Å². The van der Waals surface area contributed by atoms with Crippen molar-refractivity contribution >= 4 is 11.4 Å². The van der Waals surface area contributed by atoms with Crippen LogP contribution in [-0.4, -0.2) is 10.8 Å². The monoisotopic (exact) mass is 218 g/mol. The highest BCUT2D eigenvalue weighted by atomic mass is 19.1. The van der Waals surface area contributed by atoms with Gasteiger partial charge >= 0.3 is 0 Å². The van der Waals surface area contributed by atoms with Crippen LogP contribution >= 0.6 is 0 Å². The molecule has 6 heteroatoms. The molecule has 5 nitrogen and oxygen atoms in total. The number of hydrogen-bond acceptors (Lipinski definition) is 5. The zero-order valence-electron chi connectivity index (χ0n) is 8.32. The van der Waals surface area contributed by atoms with Crippen LogP contribution in [0.4, 0.5) is 10.1 Å². The van der Waals surface area contributed by atoms with Gasteiger partial charge in [0.2, 0.25) is 5.71 Å². The Morgan fingerprint density at radius 1 is 1.44 bits per heavy atom. The predicted octanol–water partition coefficient (Wildman–Crippen LogP) is 1.65. The third-order valence-corrected chi connectivity index (χ3v) is 1.86. The van der Waals surface area contributed by atoms with Gasteiger partial charge in [0.1, 0.15) is 23.7 Å². The average molecular weight is 218 g/mol. The van der Waals surface area contributed by atoms with E-state index in [4.69, 9.17) is 10.5 Å². The van der Waals surface area contributed by atoms with Crippen molar-refractivity contribution in [2.45, 2.75) is 6.92 Å². The second kappa shape index (κ2) is 4.76. The van der Waals surface area contributed by atoms with Gasteiger partial charge < -0.3 is 5.11 Å². The van der Waals surface area contributed by atoms with E-state index in [2.05, 4.69) is 10.5 Å². The molecule has 0 fully saturated rings. The van der Waals surface area contributed by atoms with E-state index < -0.39 is 5.82 Å². The van der Waals surface area contributed by atoms with E-state index in [-0.39, 0.29) is 22.7 Å². The first-order valence-corrected chi connectivity index (χ1v) is 4.22. The Bertz CT molecular complexity index is 509. The van der Waals surface area contributed by atoms with Crippen molar-refractivity contribution < 1.29 is 9.50 Å². The predicted molar refractivity (Wildman–Crippen MR) is 55.1 cm³/mol. The van der Waals surface area contributed by atoms with Gasteiger partial charge in [-0.25, -0.2) is 4.39 Å². The number of phenols is 1.